The molecule has 1 saturated heterocycles. The minimum atomic E-state index is -0.296. The quantitative estimate of drug-likeness (QED) is 0.891. The van der Waals surface area contributed by atoms with Gasteiger partial charge in [-0.15, -0.1) is 0 Å². The van der Waals surface area contributed by atoms with E-state index < -0.39 is 0 Å². The molecule has 1 amide bonds. The van der Waals surface area contributed by atoms with Crippen molar-refractivity contribution in [3.05, 3.63) is 59.8 Å². The van der Waals surface area contributed by atoms with Crippen LogP contribution in [0.4, 0.5) is 4.39 Å². The number of halogens is 1. The first-order chi connectivity index (χ1) is 11.9. The van der Waals surface area contributed by atoms with Crippen molar-refractivity contribution in [1.82, 2.24) is 5.32 Å². The molecule has 1 aromatic heterocycles. The number of carbonyl (C=O) groups is 1. The van der Waals surface area contributed by atoms with Crippen molar-refractivity contribution >= 4 is 5.91 Å². The maximum atomic E-state index is 13.2. The highest BCUT2D eigenvalue weighted by Gasteiger charge is 2.30. The zero-order valence-electron chi connectivity index (χ0n) is 14.6. The fraction of sp³-hybridized carbons (Fsp3) is 0.450. The van der Waals surface area contributed by atoms with Gasteiger partial charge in [-0.3, -0.25) is 4.79 Å². The Balaban J connectivity index is 1.70. The Hall–Kier alpha value is -2.14. The maximum Gasteiger partial charge on any atom is 0.221 e. The van der Waals surface area contributed by atoms with Gasteiger partial charge in [0, 0.05) is 19.1 Å². The number of hydrogen-bond donors (Lipinski definition) is 1. The fourth-order valence-corrected chi connectivity index (χ4v) is 3.39. The first-order valence-electron chi connectivity index (χ1n) is 8.65. The number of hydrogen-bond acceptors (Lipinski definition) is 3. The second-order valence-electron chi connectivity index (χ2n) is 7.19. The molecule has 0 unspecified atom stereocenters. The lowest BCUT2D eigenvalue weighted by Crippen LogP contribution is -2.46. The lowest BCUT2D eigenvalue weighted by molar-refractivity contribution is -0.124. The molecule has 1 aliphatic rings. The van der Waals surface area contributed by atoms with Crippen molar-refractivity contribution < 1.29 is 18.3 Å². The monoisotopic (exact) mass is 345 g/mol. The molecule has 1 N–H and O–H groups in total. The van der Waals surface area contributed by atoms with Gasteiger partial charge >= 0.3 is 0 Å². The van der Waals surface area contributed by atoms with Crippen LogP contribution in [0.3, 0.4) is 0 Å². The summed E-state index contributed by atoms with van der Waals surface area (Å²) in [5.74, 6) is 0.141. The smallest absolute Gasteiger partial charge is 0.221 e. The number of carbonyl (C=O) groups excluding carboxylic acids is 1. The summed E-state index contributed by atoms with van der Waals surface area (Å²) < 4.78 is 24.4. The van der Waals surface area contributed by atoms with E-state index in [9.17, 15) is 9.18 Å². The molecule has 1 fully saturated rings. The molecular formula is C20H24FNO3. The van der Waals surface area contributed by atoms with Crippen LogP contribution in [0.5, 0.6) is 0 Å². The molecule has 0 bridgehead atoms. The summed E-state index contributed by atoms with van der Waals surface area (Å²) in [5.41, 5.74) is 0.645. The molecular weight excluding hydrogens is 321 g/mol. The van der Waals surface area contributed by atoms with E-state index in [0.29, 0.717) is 12.4 Å². The second-order valence-corrected chi connectivity index (χ2v) is 7.19. The Morgan fingerprint density at radius 3 is 2.72 bits per heavy atom. The number of amides is 1. The number of furan rings is 1. The van der Waals surface area contributed by atoms with Gasteiger partial charge in [-0.05, 0) is 56.5 Å². The third-order valence-electron chi connectivity index (χ3n) is 4.61. The highest BCUT2D eigenvalue weighted by molar-refractivity contribution is 5.77. The van der Waals surface area contributed by atoms with Gasteiger partial charge in [0.25, 0.3) is 0 Å². The summed E-state index contributed by atoms with van der Waals surface area (Å²) in [7, 11) is 0. The SMILES string of the molecule is CC1(C)C[C@H](NC(=O)C[C@H](c2ccc(F)cc2)c2ccco2)CCO1. The van der Waals surface area contributed by atoms with Gasteiger partial charge in [0.1, 0.15) is 11.6 Å². The lowest BCUT2D eigenvalue weighted by Gasteiger charge is -2.36. The van der Waals surface area contributed by atoms with Crippen LogP contribution in [0.25, 0.3) is 0 Å². The Labute approximate surface area is 147 Å². The molecule has 25 heavy (non-hydrogen) atoms. The average molecular weight is 345 g/mol. The third-order valence-corrected chi connectivity index (χ3v) is 4.61. The lowest BCUT2D eigenvalue weighted by atomic mass is 9.91. The molecule has 1 aromatic carbocycles. The minimum absolute atomic E-state index is 0.0339. The topological polar surface area (TPSA) is 51.5 Å². The summed E-state index contributed by atoms with van der Waals surface area (Å²) in [5, 5.41) is 3.11. The van der Waals surface area contributed by atoms with Crippen LogP contribution < -0.4 is 5.32 Å². The Bertz CT molecular complexity index is 694. The summed E-state index contributed by atoms with van der Waals surface area (Å²) in [6, 6.07) is 9.97. The molecule has 2 aromatic rings. The minimum Gasteiger partial charge on any atom is -0.469 e. The third kappa shape index (κ3) is 4.69. The van der Waals surface area contributed by atoms with E-state index in [1.54, 1.807) is 24.5 Å². The Morgan fingerprint density at radius 1 is 1.32 bits per heavy atom. The number of nitrogens with one attached hydrogen (secondary N) is 1. The Morgan fingerprint density at radius 2 is 2.08 bits per heavy atom. The van der Waals surface area contributed by atoms with Gasteiger partial charge in [-0.2, -0.15) is 0 Å². The van der Waals surface area contributed by atoms with Gasteiger partial charge in [-0.1, -0.05) is 12.1 Å². The predicted molar refractivity (Wildman–Crippen MR) is 92.8 cm³/mol. The van der Waals surface area contributed by atoms with Gasteiger partial charge in [0.2, 0.25) is 5.91 Å². The standard InChI is InChI=1S/C20H24FNO3/c1-20(2)13-16(9-11-25-20)22-19(23)12-17(18-4-3-10-24-18)14-5-7-15(21)8-6-14/h3-8,10,16-17H,9,11-13H2,1-2H3,(H,22,23)/t16-,17-/m1/s1. The summed E-state index contributed by atoms with van der Waals surface area (Å²) in [4.78, 5) is 12.6. The van der Waals surface area contributed by atoms with Gasteiger partial charge in [0.05, 0.1) is 17.8 Å². The molecule has 4 nitrogen and oxygen atoms in total. The average Bonchev–Trinajstić information content (AvgIpc) is 3.07. The zero-order valence-corrected chi connectivity index (χ0v) is 14.6. The number of benzene rings is 1. The number of rotatable bonds is 5. The van der Waals surface area contributed by atoms with E-state index in [4.69, 9.17) is 9.15 Å². The number of ether oxygens (including phenoxy) is 1. The van der Waals surface area contributed by atoms with Crippen LogP contribution in [0, 0.1) is 5.82 Å². The van der Waals surface area contributed by atoms with Gasteiger partial charge in [0.15, 0.2) is 0 Å². The zero-order chi connectivity index (χ0) is 17.9. The van der Waals surface area contributed by atoms with Crippen molar-refractivity contribution in [3.63, 3.8) is 0 Å². The maximum absolute atomic E-state index is 13.2. The molecule has 0 saturated carbocycles. The van der Waals surface area contributed by atoms with Crippen molar-refractivity contribution in [1.29, 1.82) is 0 Å². The van der Waals surface area contributed by atoms with Crippen LogP contribution in [-0.4, -0.2) is 24.2 Å². The molecule has 2 heterocycles. The largest absolute Gasteiger partial charge is 0.469 e. The van der Waals surface area contributed by atoms with Crippen LogP contribution in [0.15, 0.2) is 47.1 Å². The molecule has 0 spiro atoms. The van der Waals surface area contributed by atoms with E-state index in [1.807, 2.05) is 19.9 Å². The van der Waals surface area contributed by atoms with Crippen molar-refractivity contribution in [2.45, 2.75) is 50.7 Å². The van der Waals surface area contributed by atoms with Crippen LogP contribution in [-0.2, 0) is 9.53 Å². The molecule has 2 atom stereocenters. The summed E-state index contributed by atoms with van der Waals surface area (Å²) in [6.07, 6.45) is 3.46. The van der Waals surface area contributed by atoms with E-state index in [-0.39, 0.29) is 35.7 Å². The molecule has 1 aliphatic heterocycles. The first-order valence-corrected chi connectivity index (χ1v) is 8.65. The van der Waals surface area contributed by atoms with Gasteiger partial charge < -0.3 is 14.5 Å². The van der Waals surface area contributed by atoms with Crippen molar-refractivity contribution in [2.24, 2.45) is 0 Å². The van der Waals surface area contributed by atoms with E-state index in [0.717, 1.165) is 18.4 Å². The Kier molecular flexibility index (Phi) is 5.23. The first kappa shape index (κ1) is 17.7. The molecule has 5 heteroatoms. The van der Waals surface area contributed by atoms with Crippen LogP contribution in [0.1, 0.15) is 50.4 Å². The van der Waals surface area contributed by atoms with Gasteiger partial charge in [-0.25, -0.2) is 4.39 Å². The summed E-state index contributed by atoms with van der Waals surface area (Å²) in [6.45, 7) is 4.72. The van der Waals surface area contributed by atoms with Crippen molar-refractivity contribution in [3.8, 4) is 0 Å². The molecule has 0 aliphatic carbocycles. The van der Waals surface area contributed by atoms with Crippen molar-refractivity contribution in [2.75, 3.05) is 6.61 Å². The molecule has 134 valence electrons. The molecule has 0 radical (unpaired) electrons. The van der Waals surface area contributed by atoms with Crippen LogP contribution >= 0.6 is 0 Å². The summed E-state index contributed by atoms with van der Waals surface area (Å²) >= 11 is 0. The predicted octanol–water partition coefficient (Wildman–Crippen LogP) is 4.01. The van der Waals surface area contributed by atoms with E-state index in [1.165, 1.54) is 12.1 Å². The second kappa shape index (κ2) is 7.40. The molecule has 3 rings (SSSR count). The highest BCUT2D eigenvalue weighted by atomic mass is 19.1. The highest BCUT2D eigenvalue weighted by Crippen LogP contribution is 2.29. The van der Waals surface area contributed by atoms with E-state index >= 15 is 0 Å². The van der Waals surface area contributed by atoms with Crippen LogP contribution in [0.2, 0.25) is 0 Å². The fourth-order valence-electron chi connectivity index (χ4n) is 3.39. The van der Waals surface area contributed by atoms with E-state index in [2.05, 4.69) is 5.32 Å². The normalized spacial score (nSPS) is 20.8.